The summed E-state index contributed by atoms with van der Waals surface area (Å²) in [6.45, 7) is 1.44. The Hall–Kier alpha value is -1.85. The molecule has 106 valence electrons. The van der Waals surface area contributed by atoms with E-state index in [2.05, 4.69) is 10.1 Å². The summed E-state index contributed by atoms with van der Waals surface area (Å²) in [5, 5.41) is 3.22. The standard InChI is InChI=1S/C14H16ClN3O2/c1-18(2)7-6-16-9-12-13(17-20-14(12)19)10-4-3-5-11(15)8-10/h3-5,8-9,17H,6-7H2,1-2H3. The van der Waals surface area contributed by atoms with E-state index < -0.39 is 5.63 Å². The van der Waals surface area contributed by atoms with Gasteiger partial charge in [0.05, 0.1) is 12.2 Å². The zero-order chi connectivity index (χ0) is 14.5. The third kappa shape index (κ3) is 3.59. The fraction of sp³-hybridized carbons (Fsp3) is 0.286. The van der Waals surface area contributed by atoms with Gasteiger partial charge in [-0.15, -0.1) is 0 Å². The molecule has 0 saturated heterocycles. The molecule has 0 aliphatic heterocycles. The van der Waals surface area contributed by atoms with Gasteiger partial charge in [-0.05, 0) is 26.2 Å². The van der Waals surface area contributed by atoms with Crippen molar-refractivity contribution >= 4 is 17.8 Å². The van der Waals surface area contributed by atoms with Crippen LogP contribution in [-0.2, 0) is 0 Å². The number of H-pyrrole nitrogens is 1. The molecule has 0 unspecified atom stereocenters. The average molecular weight is 294 g/mol. The van der Waals surface area contributed by atoms with Crippen LogP contribution in [0.2, 0.25) is 5.02 Å². The van der Waals surface area contributed by atoms with Crippen LogP contribution in [0.15, 0.2) is 38.6 Å². The molecule has 1 aromatic heterocycles. The molecule has 1 N–H and O–H groups in total. The lowest BCUT2D eigenvalue weighted by atomic mass is 10.1. The zero-order valence-corrected chi connectivity index (χ0v) is 12.1. The Balaban J connectivity index is 2.26. The minimum absolute atomic E-state index is 0.408. The fourth-order valence-corrected chi connectivity index (χ4v) is 1.89. The smallest absolute Gasteiger partial charge is 0.338 e. The topological polar surface area (TPSA) is 61.6 Å². The quantitative estimate of drug-likeness (QED) is 0.860. The summed E-state index contributed by atoms with van der Waals surface area (Å²) >= 11 is 5.95. The van der Waals surface area contributed by atoms with Gasteiger partial charge in [0.15, 0.2) is 0 Å². The Morgan fingerprint density at radius 3 is 2.95 bits per heavy atom. The predicted octanol–water partition coefficient (Wildman–Crippen LogP) is 2.27. The summed E-state index contributed by atoms with van der Waals surface area (Å²) in [4.78, 5) is 18.0. The van der Waals surface area contributed by atoms with Gasteiger partial charge in [0.25, 0.3) is 0 Å². The van der Waals surface area contributed by atoms with Crippen molar-refractivity contribution < 1.29 is 4.52 Å². The van der Waals surface area contributed by atoms with E-state index in [9.17, 15) is 4.79 Å². The van der Waals surface area contributed by atoms with Crippen LogP contribution in [0.3, 0.4) is 0 Å². The summed E-state index contributed by atoms with van der Waals surface area (Å²) in [6.07, 6.45) is 1.54. The molecule has 0 saturated carbocycles. The number of likely N-dealkylation sites (N-methyl/N-ethyl adjacent to an activating group) is 1. The predicted molar refractivity (Wildman–Crippen MR) is 80.8 cm³/mol. The maximum atomic E-state index is 11.7. The molecule has 0 radical (unpaired) electrons. The SMILES string of the molecule is CN(C)CCN=Cc1c(-c2cccc(Cl)c2)[nH]oc1=O. The number of aromatic amines is 1. The van der Waals surface area contributed by atoms with E-state index in [1.54, 1.807) is 18.3 Å². The number of aromatic nitrogens is 1. The molecular weight excluding hydrogens is 278 g/mol. The maximum absolute atomic E-state index is 11.7. The molecule has 0 fully saturated rings. The molecule has 5 nitrogen and oxygen atoms in total. The number of nitrogens with one attached hydrogen (secondary N) is 1. The molecule has 0 atom stereocenters. The molecule has 6 heteroatoms. The first-order chi connectivity index (χ1) is 9.58. The van der Waals surface area contributed by atoms with Crippen molar-refractivity contribution in [3.8, 4) is 11.3 Å². The van der Waals surface area contributed by atoms with Crippen LogP contribution < -0.4 is 5.63 Å². The molecule has 0 amide bonds. The third-order valence-corrected chi connectivity index (χ3v) is 2.98. The van der Waals surface area contributed by atoms with Crippen LogP contribution >= 0.6 is 11.6 Å². The Morgan fingerprint density at radius 2 is 2.25 bits per heavy atom. The van der Waals surface area contributed by atoms with Gasteiger partial charge >= 0.3 is 5.63 Å². The van der Waals surface area contributed by atoms with Crippen molar-refractivity contribution in [2.45, 2.75) is 0 Å². The molecule has 2 rings (SSSR count). The molecule has 1 heterocycles. The first-order valence-corrected chi connectivity index (χ1v) is 6.57. The lowest BCUT2D eigenvalue weighted by molar-refractivity contribution is 0.393. The number of aliphatic imine (C=N–C) groups is 1. The highest BCUT2D eigenvalue weighted by atomic mass is 35.5. The average Bonchev–Trinajstić information content (AvgIpc) is 2.76. The summed E-state index contributed by atoms with van der Waals surface area (Å²) in [6, 6.07) is 7.20. The van der Waals surface area contributed by atoms with E-state index in [0.717, 1.165) is 12.1 Å². The number of hydrogen-bond donors (Lipinski definition) is 1. The molecule has 2 aromatic rings. The zero-order valence-electron chi connectivity index (χ0n) is 11.4. The van der Waals surface area contributed by atoms with Crippen molar-refractivity contribution in [1.29, 1.82) is 0 Å². The third-order valence-electron chi connectivity index (χ3n) is 2.75. The van der Waals surface area contributed by atoms with Gasteiger partial charge < -0.3 is 9.42 Å². The van der Waals surface area contributed by atoms with E-state index in [1.165, 1.54) is 0 Å². The van der Waals surface area contributed by atoms with Crippen molar-refractivity contribution in [3.63, 3.8) is 0 Å². The second kappa shape index (κ2) is 6.54. The van der Waals surface area contributed by atoms with Crippen molar-refractivity contribution in [1.82, 2.24) is 10.1 Å². The fourth-order valence-electron chi connectivity index (χ4n) is 1.70. The second-order valence-electron chi connectivity index (χ2n) is 4.63. The van der Waals surface area contributed by atoms with E-state index >= 15 is 0 Å². The largest absolute Gasteiger partial charge is 0.366 e. The van der Waals surface area contributed by atoms with Crippen LogP contribution in [0, 0.1) is 0 Å². The molecule has 0 aliphatic carbocycles. The van der Waals surface area contributed by atoms with Crippen LogP contribution in [-0.4, -0.2) is 43.5 Å². The molecule has 0 bridgehead atoms. The van der Waals surface area contributed by atoms with Gasteiger partial charge in [-0.3, -0.25) is 4.99 Å². The van der Waals surface area contributed by atoms with Gasteiger partial charge in [-0.2, -0.15) is 0 Å². The van der Waals surface area contributed by atoms with E-state index in [4.69, 9.17) is 16.1 Å². The Kier molecular flexibility index (Phi) is 4.76. The van der Waals surface area contributed by atoms with Crippen molar-refractivity contribution in [3.05, 3.63) is 45.3 Å². The first kappa shape index (κ1) is 14.6. The van der Waals surface area contributed by atoms with Gasteiger partial charge in [0.2, 0.25) is 0 Å². The van der Waals surface area contributed by atoms with Gasteiger partial charge in [-0.1, -0.05) is 23.7 Å². The number of hydrogen-bond acceptors (Lipinski definition) is 4. The number of nitrogens with zero attached hydrogens (tertiary/aromatic N) is 2. The maximum Gasteiger partial charge on any atom is 0.366 e. The summed E-state index contributed by atoms with van der Waals surface area (Å²) in [7, 11) is 3.94. The number of rotatable bonds is 5. The summed E-state index contributed by atoms with van der Waals surface area (Å²) in [5.74, 6) is 0. The molecule has 0 aliphatic rings. The highest BCUT2D eigenvalue weighted by Gasteiger charge is 2.12. The Morgan fingerprint density at radius 1 is 1.45 bits per heavy atom. The highest BCUT2D eigenvalue weighted by Crippen LogP contribution is 2.22. The van der Waals surface area contributed by atoms with Crippen LogP contribution in [0.25, 0.3) is 11.3 Å². The van der Waals surface area contributed by atoms with Crippen molar-refractivity contribution in [2.75, 3.05) is 27.2 Å². The summed E-state index contributed by atoms with van der Waals surface area (Å²) in [5.41, 5.74) is 1.35. The first-order valence-electron chi connectivity index (χ1n) is 6.20. The number of benzene rings is 1. The molecule has 1 aromatic carbocycles. The lowest BCUT2D eigenvalue weighted by Crippen LogP contribution is -2.15. The van der Waals surface area contributed by atoms with Gasteiger partial charge in [-0.25, -0.2) is 9.95 Å². The van der Waals surface area contributed by atoms with Crippen LogP contribution in [0.1, 0.15) is 5.56 Å². The molecular formula is C14H16ClN3O2. The summed E-state index contributed by atoms with van der Waals surface area (Å²) < 4.78 is 4.84. The van der Waals surface area contributed by atoms with E-state index in [0.29, 0.717) is 22.8 Å². The van der Waals surface area contributed by atoms with E-state index in [1.807, 2.05) is 31.1 Å². The minimum atomic E-state index is -0.437. The molecule has 0 spiro atoms. The highest BCUT2D eigenvalue weighted by molar-refractivity contribution is 6.30. The Labute approximate surface area is 121 Å². The van der Waals surface area contributed by atoms with Gasteiger partial charge in [0, 0.05) is 23.3 Å². The lowest BCUT2D eigenvalue weighted by Gasteiger charge is -2.05. The number of halogens is 1. The van der Waals surface area contributed by atoms with E-state index in [-0.39, 0.29) is 0 Å². The van der Waals surface area contributed by atoms with Crippen LogP contribution in [0.4, 0.5) is 0 Å². The monoisotopic (exact) mass is 293 g/mol. The second-order valence-corrected chi connectivity index (χ2v) is 5.07. The van der Waals surface area contributed by atoms with Crippen molar-refractivity contribution in [2.24, 2.45) is 4.99 Å². The normalized spacial score (nSPS) is 11.6. The molecule has 20 heavy (non-hydrogen) atoms. The Bertz CT molecular complexity index is 658. The van der Waals surface area contributed by atoms with Crippen LogP contribution in [0.5, 0.6) is 0 Å². The minimum Gasteiger partial charge on any atom is -0.338 e. The van der Waals surface area contributed by atoms with Gasteiger partial charge in [0.1, 0.15) is 5.56 Å².